The molecule has 0 aromatic heterocycles. The van der Waals surface area contributed by atoms with Crippen molar-refractivity contribution in [3.05, 3.63) is 24.3 Å². The molecule has 2 aliphatic rings. The third kappa shape index (κ3) is 5.61. The Morgan fingerprint density at radius 2 is 1.72 bits per heavy atom. The van der Waals surface area contributed by atoms with Crippen molar-refractivity contribution in [2.45, 2.75) is 70.4 Å². The molecule has 1 aliphatic carbocycles. The molecule has 3 rings (SSSR count). The van der Waals surface area contributed by atoms with Crippen LogP contribution in [-0.4, -0.2) is 62.1 Å². The zero-order valence-corrected chi connectivity index (χ0v) is 20.1. The third-order valence-electron chi connectivity index (χ3n) is 6.34. The van der Waals surface area contributed by atoms with Crippen LogP contribution in [-0.2, 0) is 19.6 Å². The number of carbonyl (C=O) groups excluding carboxylic acids is 2. The molecule has 1 aliphatic heterocycles. The quantitative estimate of drug-likeness (QED) is 0.697. The molecule has 0 radical (unpaired) electrons. The minimum absolute atomic E-state index is 0.0329. The monoisotopic (exact) mass is 465 g/mol. The molecule has 1 unspecified atom stereocenters. The van der Waals surface area contributed by atoms with Crippen molar-refractivity contribution in [1.29, 1.82) is 0 Å². The topological polar surface area (TPSA) is 96.0 Å². The summed E-state index contributed by atoms with van der Waals surface area (Å²) in [6, 6.07) is 7.01. The number of sulfonamides is 1. The van der Waals surface area contributed by atoms with Crippen molar-refractivity contribution in [3.8, 4) is 5.75 Å². The smallest absolute Gasteiger partial charge is 0.247 e. The lowest BCUT2D eigenvalue weighted by atomic mass is 9.92. The summed E-state index contributed by atoms with van der Waals surface area (Å²) in [5.74, 6) is -0.0843. The SMILES string of the molecule is CCOc1ccc(N2C(=O)CN(S(C)(=O)=O)CC2(C)C(=O)NC2CCCCCCC2)cc1. The van der Waals surface area contributed by atoms with E-state index in [1.165, 1.54) is 11.3 Å². The molecule has 32 heavy (non-hydrogen) atoms. The number of rotatable bonds is 6. The Morgan fingerprint density at radius 3 is 2.28 bits per heavy atom. The maximum absolute atomic E-state index is 13.6. The van der Waals surface area contributed by atoms with Gasteiger partial charge in [-0.15, -0.1) is 0 Å². The molecule has 1 saturated carbocycles. The van der Waals surface area contributed by atoms with Gasteiger partial charge in [-0.25, -0.2) is 8.42 Å². The van der Waals surface area contributed by atoms with E-state index in [9.17, 15) is 18.0 Å². The van der Waals surface area contributed by atoms with Crippen molar-refractivity contribution in [1.82, 2.24) is 9.62 Å². The van der Waals surface area contributed by atoms with Crippen LogP contribution in [0.25, 0.3) is 0 Å². The Kier molecular flexibility index (Phi) is 7.82. The number of benzene rings is 1. The summed E-state index contributed by atoms with van der Waals surface area (Å²) in [6.45, 7) is 3.67. The van der Waals surface area contributed by atoms with E-state index in [0.29, 0.717) is 18.0 Å². The van der Waals surface area contributed by atoms with Crippen molar-refractivity contribution < 1.29 is 22.7 Å². The first-order valence-electron chi connectivity index (χ1n) is 11.5. The summed E-state index contributed by atoms with van der Waals surface area (Å²) in [5.41, 5.74) is -0.824. The molecule has 9 heteroatoms. The summed E-state index contributed by atoms with van der Waals surface area (Å²) in [5, 5.41) is 3.14. The molecule has 8 nitrogen and oxygen atoms in total. The number of amides is 2. The van der Waals surface area contributed by atoms with Crippen LogP contribution in [0.1, 0.15) is 58.8 Å². The van der Waals surface area contributed by atoms with Gasteiger partial charge < -0.3 is 10.1 Å². The largest absolute Gasteiger partial charge is 0.494 e. The molecular weight excluding hydrogens is 430 g/mol. The van der Waals surface area contributed by atoms with E-state index in [2.05, 4.69) is 5.32 Å². The zero-order valence-electron chi connectivity index (χ0n) is 19.3. The minimum atomic E-state index is -3.64. The van der Waals surface area contributed by atoms with Crippen LogP contribution < -0.4 is 15.0 Å². The Bertz CT molecular complexity index is 910. The molecule has 1 aromatic rings. The summed E-state index contributed by atoms with van der Waals surface area (Å²) >= 11 is 0. The van der Waals surface area contributed by atoms with Gasteiger partial charge in [-0.1, -0.05) is 32.1 Å². The fourth-order valence-electron chi connectivity index (χ4n) is 4.60. The number of hydrogen-bond acceptors (Lipinski definition) is 5. The Labute approximate surface area is 191 Å². The molecule has 178 valence electrons. The van der Waals surface area contributed by atoms with Gasteiger partial charge in [0.15, 0.2) is 0 Å². The predicted molar refractivity (Wildman–Crippen MR) is 124 cm³/mol. The van der Waals surface area contributed by atoms with Crippen LogP contribution >= 0.6 is 0 Å². The van der Waals surface area contributed by atoms with Gasteiger partial charge >= 0.3 is 0 Å². The molecule has 2 amide bonds. The summed E-state index contributed by atoms with van der Waals surface area (Å²) in [7, 11) is -3.64. The summed E-state index contributed by atoms with van der Waals surface area (Å²) in [6.07, 6.45) is 8.51. The van der Waals surface area contributed by atoms with Crippen LogP contribution in [0.15, 0.2) is 24.3 Å². The highest BCUT2D eigenvalue weighted by atomic mass is 32.2. The van der Waals surface area contributed by atoms with Crippen LogP contribution in [0.2, 0.25) is 0 Å². The predicted octanol–water partition coefficient (Wildman–Crippen LogP) is 2.68. The molecular formula is C23H35N3O5S. The molecule has 1 N–H and O–H groups in total. The Hall–Kier alpha value is -2.13. The second-order valence-corrected chi connectivity index (χ2v) is 11.0. The second kappa shape index (κ2) is 10.2. The van der Waals surface area contributed by atoms with Crippen LogP contribution in [0.3, 0.4) is 0 Å². The van der Waals surface area contributed by atoms with E-state index in [4.69, 9.17) is 4.74 Å². The van der Waals surface area contributed by atoms with Gasteiger partial charge in [-0.3, -0.25) is 14.5 Å². The lowest BCUT2D eigenvalue weighted by molar-refractivity contribution is -0.133. The fraction of sp³-hybridized carbons (Fsp3) is 0.652. The summed E-state index contributed by atoms with van der Waals surface area (Å²) < 4.78 is 31.1. The lowest BCUT2D eigenvalue weighted by Gasteiger charge is -2.47. The molecule has 1 aromatic carbocycles. The van der Waals surface area contributed by atoms with Crippen LogP contribution in [0, 0.1) is 0 Å². The Balaban J connectivity index is 1.92. The maximum Gasteiger partial charge on any atom is 0.247 e. The number of hydrogen-bond donors (Lipinski definition) is 1. The van der Waals surface area contributed by atoms with Crippen molar-refractivity contribution in [3.63, 3.8) is 0 Å². The number of nitrogens with zero attached hydrogens (tertiary/aromatic N) is 2. The van der Waals surface area contributed by atoms with Gasteiger partial charge in [0.05, 0.1) is 19.4 Å². The molecule has 1 atom stereocenters. The van der Waals surface area contributed by atoms with Crippen LogP contribution in [0.5, 0.6) is 5.75 Å². The molecule has 0 spiro atoms. The van der Waals surface area contributed by atoms with Gasteiger partial charge in [0.1, 0.15) is 11.3 Å². The summed E-state index contributed by atoms with van der Waals surface area (Å²) in [4.78, 5) is 28.2. The van der Waals surface area contributed by atoms with Gasteiger partial charge in [-0.05, 0) is 51.0 Å². The van der Waals surface area contributed by atoms with Gasteiger partial charge in [0.2, 0.25) is 21.8 Å². The number of anilines is 1. The normalized spacial score (nSPS) is 24.0. The highest BCUT2D eigenvalue weighted by molar-refractivity contribution is 7.88. The van der Waals surface area contributed by atoms with Gasteiger partial charge in [0, 0.05) is 18.3 Å². The lowest BCUT2D eigenvalue weighted by Crippen LogP contribution is -2.70. The second-order valence-electron chi connectivity index (χ2n) is 8.98. The fourth-order valence-corrected chi connectivity index (χ4v) is 5.43. The maximum atomic E-state index is 13.6. The first kappa shape index (κ1) is 24.5. The van der Waals surface area contributed by atoms with E-state index in [0.717, 1.165) is 49.1 Å². The molecule has 1 heterocycles. The number of carbonyl (C=O) groups is 2. The van der Waals surface area contributed by atoms with Crippen molar-refractivity contribution in [2.75, 3.05) is 30.9 Å². The molecule has 2 fully saturated rings. The number of nitrogens with one attached hydrogen (secondary N) is 1. The van der Waals surface area contributed by atoms with E-state index in [1.54, 1.807) is 31.2 Å². The van der Waals surface area contributed by atoms with E-state index in [-0.39, 0.29) is 25.0 Å². The zero-order chi connectivity index (χ0) is 23.4. The number of ether oxygens (including phenoxy) is 1. The standard InChI is InChI=1S/C23H35N3O5S/c1-4-31-20-14-12-19(13-15-20)26-21(27)16-25(32(3,29)30)17-23(26,2)22(28)24-18-10-8-6-5-7-9-11-18/h12-15,18H,4-11,16-17H2,1-3H3,(H,24,28). The Morgan fingerprint density at radius 1 is 1.12 bits per heavy atom. The highest BCUT2D eigenvalue weighted by Crippen LogP contribution is 2.32. The number of piperazine rings is 1. The van der Waals surface area contributed by atoms with E-state index in [1.807, 2.05) is 6.92 Å². The van der Waals surface area contributed by atoms with Crippen LogP contribution in [0.4, 0.5) is 5.69 Å². The molecule has 0 bridgehead atoms. The first-order chi connectivity index (χ1) is 15.1. The first-order valence-corrected chi connectivity index (χ1v) is 13.3. The van der Waals surface area contributed by atoms with Gasteiger partial charge in [-0.2, -0.15) is 4.31 Å². The van der Waals surface area contributed by atoms with Gasteiger partial charge in [0.25, 0.3) is 0 Å². The minimum Gasteiger partial charge on any atom is -0.494 e. The van der Waals surface area contributed by atoms with Crippen molar-refractivity contribution >= 4 is 27.5 Å². The van der Waals surface area contributed by atoms with Crippen molar-refractivity contribution in [2.24, 2.45) is 0 Å². The average molecular weight is 466 g/mol. The van der Waals surface area contributed by atoms with E-state index >= 15 is 0 Å². The third-order valence-corrected chi connectivity index (χ3v) is 7.54. The average Bonchev–Trinajstić information content (AvgIpc) is 2.70. The molecule has 1 saturated heterocycles. The van der Waals surface area contributed by atoms with E-state index < -0.39 is 21.5 Å². The highest BCUT2D eigenvalue weighted by Gasteiger charge is 2.50.